The van der Waals surface area contributed by atoms with Crippen LogP contribution in [-0.4, -0.2) is 56.9 Å². The smallest absolute Gasteiger partial charge is 0.264 e. The van der Waals surface area contributed by atoms with Crippen molar-refractivity contribution >= 4 is 48.3 Å². The fourth-order valence-corrected chi connectivity index (χ4v) is 7.95. The van der Waals surface area contributed by atoms with E-state index < -0.39 is 10.0 Å². The summed E-state index contributed by atoms with van der Waals surface area (Å²) < 4.78 is 29.5. The molecule has 6 rings (SSSR count). The molecule has 196 valence electrons. The van der Waals surface area contributed by atoms with Crippen molar-refractivity contribution in [2.24, 2.45) is 0 Å². The van der Waals surface area contributed by atoms with Crippen LogP contribution < -0.4 is 9.21 Å². The number of para-hydroxylation sites is 2. The van der Waals surface area contributed by atoms with Crippen molar-refractivity contribution in [1.29, 1.82) is 0 Å². The molecule has 0 N–H and O–H groups in total. The van der Waals surface area contributed by atoms with Crippen LogP contribution in [0, 0.1) is 0 Å². The third-order valence-electron chi connectivity index (χ3n) is 7.47. The summed E-state index contributed by atoms with van der Waals surface area (Å²) in [6.07, 6.45) is 2.62. The minimum atomic E-state index is -3.70. The maximum absolute atomic E-state index is 13.4. The van der Waals surface area contributed by atoms with Gasteiger partial charge in [0.25, 0.3) is 15.9 Å². The van der Waals surface area contributed by atoms with Gasteiger partial charge in [0.2, 0.25) is 0 Å². The Kier molecular flexibility index (Phi) is 6.57. The predicted molar refractivity (Wildman–Crippen MR) is 153 cm³/mol. The van der Waals surface area contributed by atoms with Crippen LogP contribution in [0.1, 0.15) is 34.8 Å². The Hall–Kier alpha value is -3.43. The lowest BCUT2D eigenvalue weighted by Crippen LogP contribution is -2.48. The average Bonchev–Trinajstić information content (AvgIpc) is 3.41. The zero-order valence-corrected chi connectivity index (χ0v) is 23.0. The summed E-state index contributed by atoms with van der Waals surface area (Å²) >= 11 is 1.70. The number of sulfonamides is 1. The molecule has 0 unspecified atom stereocenters. The molecule has 0 atom stereocenters. The molecule has 1 fully saturated rings. The number of nitrogens with zero attached hydrogens (tertiary/aromatic N) is 4. The Morgan fingerprint density at radius 3 is 2.45 bits per heavy atom. The topological polar surface area (TPSA) is 73.8 Å². The predicted octanol–water partition coefficient (Wildman–Crippen LogP) is 4.96. The number of anilines is 2. The lowest BCUT2D eigenvalue weighted by molar-refractivity contribution is 0.0746. The normalized spacial score (nSPS) is 16.1. The van der Waals surface area contributed by atoms with Crippen molar-refractivity contribution in [3.8, 4) is 0 Å². The van der Waals surface area contributed by atoms with E-state index in [1.54, 1.807) is 35.6 Å². The van der Waals surface area contributed by atoms with E-state index in [1.165, 1.54) is 14.6 Å². The Morgan fingerprint density at radius 1 is 0.921 bits per heavy atom. The number of carbonyl (C=O) groups is 1. The van der Waals surface area contributed by atoms with Gasteiger partial charge >= 0.3 is 0 Å². The first-order chi connectivity index (χ1) is 18.5. The zero-order valence-electron chi connectivity index (χ0n) is 21.3. The van der Waals surface area contributed by atoms with Crippen LogP contribution in [0.4, 0.5) is 10.8 Å². The minimum Gasteiger partial charge on any atom is -0.345 e. The molecule has 3 aromatic carbocycles. The highest BCUT2D eigenvalue weighted by Crippen LogP contribution is 2.33. The molecule has 0 radical (unpaired) electrons. The Labute approximate surface area is 227 Å². The molecule has 1 saturated heterocycles. The summed E-state index contributed by atoms with van der Waals surface area (Å²) in [5.41, 5.74) is 4.63. The van der Waals surface area contributed by atoms with Crippen molar-refractivity contribution in [3.05, 3.63) is 83.4 Å². The third-order valence-corrected chi connectivity index (χ3v) is 10.4. The van der Waals surface area contributed by atoms with Gasteiger partial charge in [0.05, 0.1) is 20.8 Å². The summed E-state index contributed by atoms with van der Waals surface area (Å²) in [4.78, 5) is 22.4. The highest BCUT2D eigenvalue weighted by Gasteiger charge is 2.30. The van der Waals surface area contributed by atoms with Crippen LogP contribution in [0.5, 0.6) is 0 Å². The summed E-state index contributed by atoms with van der Waals surface area (Å²) in [6, 6.07) is 20.4. The number of piperazine rings is 1. The van der Waals surface area contributed by atoms with Crippen LogP contribution in [0.3, 0.4) is 0 Å². The van der Waals surface area contributed by atoms with Gasteiger partial charge in [-0.3, -0.25) is 9.10 Å². The number of hydrogen-bond acceptors (Lipinski definition) is 6. The molecule has 3 heterocycles. The summed E-state index contributed by atoms with van der Waals surface area (Å²) in [6.45, 7) is 5.23. The fraction of sp³-hybridized carbons (Fsp3) is 0.310. The molecule has 0 aliphatic carbocycles. The first kappa shape index (κ1) is 24.9. The van der Waals surface area contributed by atoms with Gasteiger partial charge in [-0.05, 0) is 66.8 Å². The van der Waals surface area contributed by atoms with Crippen LogP contribution >= 0.6 is 11.3 Å². The molecule has 2 aliphatic heterocycles. The van der Waals surface area contributed by atoms with Crippen LogP contribution in [0.2, 0.25) is 0 Å². The molecule has 0 spiro atoms. The third kappa shape index (κ3) is 4.43. The van der Waals surface area contributed by atoms with Crippen LogP contribution in [0.25, 0.3) is 10.2 Å². The number of aromatic nitrogens is 1. The lowest BCUT2D eigenvalue weighted by atomic mass is 10.0. The van der Waals surface area contributed by atoms with Gasteiger partial charge in [0.1, 0.15) is 0 Å². The number of amides is 1. The monoisotopic (exact) mass is 546 g/mol. The van der Waals surface area contributed by atoms with Crippen LogP contribution in [-0.2, 0) is 22.9 Å². The maximum atomic E-state index is 13.4. The molecule has 2 aliphatic rings. The number of carbonyl (C=O) groups excluding carboxylic acids is 1. The van der Waals surface area contributed by atoms with Gasteiger partial charge in [0.15, 0.2) is 5.13 Å². The molecular formula is C29H30N4O3S2. The van der Waals surface area contributed by atoms with Gasteiger partial charge in [-0.2, -0.15) is 0 Å². The van der Waals surface area contributed by atoms with Crippen molar-refractivity contribution in [3.63, 3.8) is 0 Å². The van der Waals surface area contributed by atoms with Crippen molar-refractivity contribution in [1.82, 2.24) is 9.88 Å². The molecule has 4 aromatic rings. The second kappa shape index (κ2) is 10.0. The fourth-order valence-electron chi connectivity index (χ4n) is 5.34. The lowest BCUT2D eigenvalue weighted by Gasteiger charge is -2.34. The number of hydrogen-bond donors (Lipinski definition) is 0. The second-order valence-corrected chi connectivity index (χ2v) is 12.6. The second-order valence-electron chi connectivity index (χ2n) is 9.73. The van der Waals surface area contributed by atoms with Gasteiger partial charge in [-0.25, -0.2) is 13.4 Å². The summed E-state index contributed by atoms with van der Waals surface area (Å²) in [7, 11) is -3.70. The van der Waals surface area contributed by atoms with Gasteiger partial charge in [-0.15, -0.1) is 0 Å². The SMILES string of the molecule is CCc1cccc2sc(N3CCN(C(=O)c4ccc(S(=O)(=O)N5CCCc6ccccc65)cc4)CC3)nc12. The molecule has 0 saturated carbocycles. The van der Waals surface area contributed by atoms with Crippen molar-refractivity contribution in [2.45, 2.75) is 31.1 Å². The van der Waals surface area contributed by atoms with E-state index in [2.05, 4.69) is 30.0 Å². The number of thiazole rings is 1. The van der Waals surface area contributed by atoms with Gasteiger partial charge in [-0.1, -0.05) is 48.6 Å². The first-order valence-corrected chi connectivity index (χ1v) is 15.3. The van der Waals surface area contributed by atoms with Crippen molar-refractivity contribution < 1.29 is 13.2 Å². The number of rotatable bonds is 5. The average molecular weight is 547 g/mol. The summed E-state index contributed by atoms with van der Waals surface area (Å²) in [5, 5.41) is 1.00. The van der Waals surface area contributed by atoms with Gasteiger partial charge < -0.3 is 9.80 Å². The molecule has 9 heteroatoms. The molecule has 7 nitrogen and oxygen atoms in total. The molecule has 1 aromatic heterocycles. The van der Waals surface area contributed by atoms with E-state index in [-0.39, 0.29) is 10.8 Å². The number of aryl methyl sites for hydroxylation is 2. The highest BCUT2D eigenvalue weighted by atomic mass is 32.2. The minimum absolute atomic E-state index is 0.0746. The quantitative estimate of drug-likeness (QED) is 0.354. The van der Waals surface area contributed by atoms with Crippen molar-refractivity contribution in [2.75, 3.05) is 41.9 Å². The Balaban J connectivity index is 1.14. The highest BCUT2D eigenvalue weighted by molar-refractivity contribution is 7.92. The van der Waals surface area contributed by atoms with E-state index in [4.69, 9.17) is 4.98 Å². The molecule has 1 amide bonds. The Morgan fingerprint density at radius 2 is 1.68 bits per heavy atom. The zero-order chi connectivity index (χ0) is 26.3. The molecule has 38 heavy (non-hydrogen) atoms. The van der Waals surface area contributed by atoms with E-state index in [1.807, 2.05) is 29.2 Å². The largest absolute Gasteiger partial charge is 0.345 e. The summed E-state index contributed by atoms with van der Waals surface area (Å²) in [5.74, 6) is -0.0746. The van der Waals surface area contributed by atoms with Gasteiger partial charge in [0, 0.05) is 38.3 Å². The van der Waals surface area contributed by atoms with E-state index >= 15 is 0 Å². The van der Waals surface area contributed by atoms with E-state index in [0.29, 0.717) is 38.3 Å². The standard InChI is InChI=1S/C29H30N4O3S2/c1-2-21-8-5-11-26-27(21)30-29(37-26)32-19-17-31(18-20-32)28(34)23-12-14-24(15-13-23)38(35,36)33-16-6-9-22-7-3-4-10-25(22)33/h3-5,7-8,10-15H,2,6,9,16-20H2,1H3. The molecule has 0 bridgehead atoms. The molecular weight excluding hydrogens is 516 g/mol. The number of benzene rings is 3. The first-order valence-electron chi connectivity index (χ1n) is 13.1. The van der Waals surface area contributed by atoms with Crippen LogP contribution in [0.15, 0.2) is 71.6 Å². The maximum Gasteiger partial charge on any atom is 0.264 e. The van der Waals surface area contributed by atoms with E-state index in [9.17, 15) is 13.2 Å². The Bertz CT molecular complexity index is 1590. The van der Waals surface area contributed by atoms with E-state index in [0.717, 1.165) is 41.2 Å². The number of fused-ring (bicyclic) bond motifs is 2.